The van der Waals surface area contributed by atoms with Crippen LogP contribution >= 0.6 is 0 Å². The van der Waals surface area contributed by atoms with Crippen molar-refractivity contribution in [3.8, 4) is 0 Å². The summed E-state index contributed by atoms with van der Waals surface area (Å²) < 4.78 is 0. The summed E-state index contributed by atoms with van der Waals surface area (Å²) in [6.45, 7) is 4.77. The van der Waals surface area contributed by atoms with Gasteiger partial charge in [0.25, 0.3) is 0 Å². The lowest BCUT2D eigenvalue weighted by molar-refractivity contribution is 0.147. The van der Waals surface area contributed by atoms with Gasteiger partial charge in [0, 0.05) is 0 Å². The smallest absolute Gasteiger partial charge is 0.0540 e. The highest BCUT2D eigenvalue weighted by Gasteiger charge is 2.49. The molecule has 0 aromatic rings. The first-order valence-electron chi connectivity index (χ1n) is 20.3. The van der Waals surface area contributed by atoms with Crippen LogP contribution in [0.25, 0.3) is 0 Å². The predicted octanol–water partition coefficient (Wildman–Crippen LogP) is 12.0. The SMILES string of the molecule is CCC1CC1CC1CC1CC1CC1CCCCCCCC(O)CCCCCCCC1CC1CC1CC1CC1CC1CC. The van der Waals surface area contributed by atoms with Crippen LogP contribution in [0, 0.1) is 71.0 Å². The number of unbranched alkanes of at least 4 members (excludes halogenated alkanes) is 8. The van der Waals surface area contributed by atoms with Gasteiger partial charge in [-0.05, 0) is 148 Å². The highest BCUT2D eigenvalue weighted by atomic mass is 16.3. The molecule has 242 valence electrons. The van der Waals surface area contributed by atoms with Crippen molar-refractivity contribution in [2.45, 2.75) is 187 Å². The highest BCUT2D eigenvalue weighted by molar-refractivity contribution is 4.99. The summed E-state index contributed by atoms with van der Waals surface area (Å²) >= 11 is 0. The molecule has 0 saturated heterocycles. The Morgan fingerprint density at radius 2 is 0.667 bits per heavy atom. The molecule has 1 nitrogen and oxygen atoms in total. The maximum Gasteiger partial charge on any atom is 0.0540 e. The van der Waals surface area contributed by atoms with Crippen LogP contribution in [0.15, 0.2) is 0 Å². The monoisotopic (exact) mass is 581 g/mol. The van der Waals surface area contributed by atoms with Crippen molar-refractivity contribution in [2.75, 3.05) is 0 Å². The van der Waals surface area contributed by atoms with Crippen LogP contribution in [-0.4, -0.2) is 11.2 Å². The van der Waals surface area contributed by atoms with Crippen LogP contribution in [0.2, 0.25) is 0 Å². The van der Waals surface area contributed by atoms with Crippen LogP contribution in [0.5, 0.6) is 0 Å². The van der Waals surface area contributed by atoms with Crippen LogP contribution in [0.4, 0.5) is 0 Å². The number of aliphatic hydroxyl groups is 1. The largest absolute Gasteiger partial charge is 0.393 e. The van der Waals surface area contributed by atoms with Gasteiger partial charge in [0.1, 0.15) is 0 Å². The first-order valence-corrected chi connectivity index (χ1v) is 20.3. The minimum absolute atomic E-state index is 0.0255. The van der Waals surface area contributed by atoms with E-state index in [4.69, 9.17) is 0 Å². The van der Waals surface area contributed by atoms with Crippen LogP contribution in [0.3, 0.4) is 0 Å². The zero-order valence-electron chi connectivity index (χ0n) is 28.3. The zero-order valence-corrected chi connectivity index (χ0v) is 28.3. The topological polar surface area (TPSA) is 20.2 Å². The quantitative estimate of drug-likeness (QED) is 0.101. The van der Waals surface area contributed by atoms with Gasteiger partial charge in [0.15, 0.2) is 0 Å². The van der Waals surface area contributed by atoms with Gasteiger partial charge in [-0.25, -0.2) is 0 Å². The van der Waals surface area contributed by atoms with Gasteiger partial charge in [0.05, 0.1) is 6.10 Å². The van der Waals surface area contributed by atoms with Gasteiger partial charge in [0.2, 0.25) is 0 Å². The van der Waals surface area contributed by atoms with E-state index < -0.39 is 0 Å². The lowest BCUT2D eigenvalue weighted by atomic mass is 10.0. The average Bonchev–Trinajstić information content (AvgIpc) is 3.79. The van der Waals surface area contributed by atoms with Gasteiger partial charge in [-0.3, -0.25) is 0 Å². The minimum Gasteiger partial charge on any atom is -0.393 e. The van der Waals surface area contributed by atoms with Crippen LogP contribution in [-0.2, 0) is 0 Å². The molecule has 0 heterocycles. The second-order valence-electron chi connectivity index (χ2n) is 17.6. The Morgan fingerprint density at radius 1 is 0.381 bits per heavy atom. The van der Waals surface area contributed by atoms with Crippen molar-refractivity contribution in [1.82, 2.24) is 0 Å². The molecular formula is C41H72O. The summed E-state index contributed by atoms with van der Waals surface area (Å²) in [5.41, 5.74) is 0. The summed E-state index contributed by atoms with van der Waals surface area (Å²) in [6, 6.07) is 0. The fourth-order valence-corrected chi connectivity index (χ4v) is 10.2. The first kappa shape index (κ1) is 31.9. The van der Waals surface area contributed by atoms with Crippen LogP contribution < -0.4 is 0 Å². The molecule has 0 aromatic carbocycles. The summed E-state index contributed by atoms with van der Waals surface area (Å²) in [5, 5.41) is 10.4. The third-order valence-electron chi connectivity index (χ3n) is 14.1. The molecule has 0 aromatic heterocycles. The van der Waals surface area contributed by atoms with Crippen LogP contribution in [0.1, 0.15) is 181 Å². The average molecular weight is 581 g/mol. The molecule has 1 N–H and O–H groups in total. The van der Waals surface area contributed by atoms with E-state index in [2.05, 4.69) is 13.8 Å². The normalized spacial score (nSPS) is 41.5. The fraction of sp³-hybridized carbons (Fsp3) is 1.00. The Balaban J connectivity index is 0.650. The Labute approximate surface area is 262 Å². The molecule has 12 atom stereocenters. The third-order valence-corrected chi connectivity index (χ3v) is 14.1. The van der Waals surface area contributed by atoms with Crippen molar-refractivity contribution >= 4 is 0 Å². The Kier molecular flexibility index (Phi) is 11.8. The summed E-state index contributed by atoms with van der Waals surface area (Å²) in [7, 11) is 0. The Bertz CT molecular complexity index is 726. The molecule has 0 bridgehead atoms. The maximum atomic E-state index is 10.4. The molecule has 6 aliphatic rings. The summed E-state index contributed by atoms with van der Waals surface area (Å²) in [4.78, 5) is 0. The molecular weight excluding hydrogens is 508 g/mol. The summed E-state index contributed by atoms with van der Waals surface area (Å²) in [5.74, 6) is 13.5. The van der Waals surface area contributed by atoms with E-state index in [-0.39, 0.29) is 6.10 Å². The number of rotatable bonds is 26. The molecule has 1 heteroatoms. The van der Waals surface area contributed by atoms with E-state index in [0.29, 0.717) is 0 Å². The van der Waals surface area contributed by atoms with E-state index >= 15 is 0 Å². The second-order valence-corrected chi connectivity index (χ2v) is 17.6. The molecule has 0 aliphatic heterocycles. The molecule has 6 saturated carbocycles. The number of hydrogen-bond donors (Lipinski definition) is 1. The zero-order chi connectivity index (χ0) is 28.9. The van der Waals surface area contributed by atoms with Crippen molar-refractivity contribution in [2.24, 2.45) is 71.0 Å². The number of hydrogen-bond acceptors (Lipinski definition) is 1. The van der Waals surface area contributed by atoms with Gasteiger partial charge in [-0.1, -0.05) is 104 Å². The lowest BCUT2D eigenvalue weighted by Crippen LogP contribution is -2.05. The van der Waals surface area contributed by atoms with Crippen molar-refractivity contribution in [3.63, 3.8) is 0 Å². The van der Waals surface area contributed by atoms with E-state index in [1.807, 2.05) is 0 Å². The van der Waals surface area contributed by atoms with Crippen molar-refractivity contribution in [3.05, 3.63) is 0 Å². The molecule has 6 aliphatic carbocycles. The lowest BCUT2D eigenvalue weighted by Gasteiger charge is -2.10. The predicted molar refractivity (Wildman–Crippen MR) is 179 cm³/mol. The molecule has 6 fully saturated rings. The van der Waals surface area contributed by atoms with E-state index in [0.717, 1.165) is 83.9 Å². The Hall–Kier alpha value is -0.0400. The maximum absolute atomic E-state index is 10.4. The molecule has 42 heavy (non-hydrogen) atoms. The van der Waals surface area contributed by atoms with Crippen molar-refractivity contribution in [1.29, 1.82) is 0 Å². The number of aliphatic hydroxyl groups excluding tert-OH is 1. The molecule has 12 unspecified atom stereocenters. The van der Waals surface area contributed by atoms with Gasteiger partial charge in [-0.15, -0.1) is 0 Å². The fourth-order valence-electron chi connectivity index (χ4n) is 10.2. The Morgan fingerprint density at radius 3 is 1.05 bits per heavy atom. The molecule has 0 amide bonds. The summed E-state index contributed by atoms with van der Waals surface area (Å²) in [6.07, 6.45) is 37.6. The minimum atomic E-state index is -0.0255. The standard InChI is InChI=1S/C41H72O/c1-3-29-19-33(29)23-37-27-39(37)25-35-21-31(35)15-11-7-5-9-13-17-41(42)18-14-10-6-8-12-16-32-22-36(32)26-40-28-38(40)24-34-20-30(34)4-2/h29-42H,3-28H2,1-2H3. The van der Waals surface area contributed by atoms with E-state index in [1.54, 1.807) is 64.2 Å². The van der Waals surface area contributed by atoms with Gasteiger partial charge in [-0.2, -0.15) is 0 Å². The van der Waals surface area contributed by atoms with Gasteiger partial charge >= 0.3 is 0 Å². The van der Waals surface area contributed by atoms with Crippen molar-refractivity contribution < 1.29 is 5.11 Å². The van der Waals surface area contributed by atoms with E-state index in [1.165, 1.54) is 89.9 Å². The first-order chi connectivity index (χ1) is 20.6. The van der Waals surface area contributed by atoms with Gasteiger partial charge < -0.3 is 5.11 Å². The highest BCUT2D eigenvalue weighted by Crippen LogP contribution is 2.59. The second kappa shape index (κ2) is 15.5. The molecule has 0 spiro atoms. The van der Waals surface area contributed by atoms with E-state index in [9.17, 15) is 5.11 Å². The molecule has 6 rings (SSSR count). The third kappa shape index (κ3) is 10.5. The molecule has 0 radical (unpaired) electrons.